The Balaban J connectivity index is 1.49. The molecule has 9 heteroatoms. The fourth-order valence-electron chi connectivity index (χ4n) is 2.98. The molecule has 33 heavy (non-hydrogen) atoms. The molecule has 8 nitrogen and oxygen atoms in total. The zero-order valence-corrected chi connectivity index (χ0v) is 18.2. The van der Waals surface area contributed by atoms with Gasteiger partial charge in [0.15, 0.2) is 5.78 Å². The first-order chi connectivity index (χ1) is 15.9. The van der Waals surface area contributed by atoms with Gasteiger partial charge in [-0.25, -0.2) is 9.37 Å². The van der Waals surface area contributed by atoms with Crippen molar-refractivity contribution < 1.29 is 23.5 Å². The lowest BCUT2D eigenvalue weighted by Gasteiger charge is -2.10. The summed E-state index contributed by atoms with van der Waals surface area (Å²) in [6, 6.07) is 10.5. The largest absolute Gasteiger partial charge is 0.495 e. The molecule has 0 unspecified atom stereocenters. The van der Waals surface area contributed by atoms with E-state index in [-0.39, 0.29) is 18.6 Å². The van der Waals surface area contributed by atoms with E-state index >= 15 is 0 Å². The van der Waals surface area contributed by atoms with Gasteiger partial charge in [0.05, 0.1) is 24.8 Å². The van der Waals surface area contributed by atoms with E-state index in [0.717, 1.165) is 16.9 Å². The maximum atomic E-state index is 12.9. The molecule has 0 saturated carbocycles. The number of nitrogens with one attached hydrogen (secondary N) is 2. The number of amides is 2. The van der Waals surface area contributed by atoms with Crippen LogP contribution in [-0.4, -0.2) is 34.3 Å². The zero-order chi connectivity index (χ0) is 23.8. The van der Waals surface area contributed by atoms with Crippen molar-refractivity contribution in [2.24, 2.45) is 0 Å². The van der Waals surface area contributed by atoms with Crippen LogP contribution in [0.25, 0.3) is 11.8 Å². The standard InChI is InChI=1S/C24H23FN4O4/c1-16-14-29(15-26-16)20-9-3-17(13-22(20)33-2)4-11-23(31)27-28-24(32)12-10-21(30)18-5-7-19(25)8-6-18/h3-9,11,13-15H,10,12H2,1-2H3,(H,27,31)(H,28,32)/b11-4+. The first kappa shape index (κ1) is 23.4. The number of Topliss-reactive ketones (excluding diaryl/α,β-unsaturated/α-hetero) is 1. The van der Waals surface area contributed by atoms with Crippen molar-refractivity contribution in [2.75, 3.05) is 7.11 Å². The summed E-state index contributed by atoms with van der Waals surface area (Å²) in [6.45, 7) is 1.89. The van der Waals surface area contributed by atoms with E-state index in [9.17, 15) is 18.8 Å². The number of hydrogen-bond acceptors (Lipinski definition) is 5. The van der Waals surface area contributed by atoms with Crippen LogP contribution in [0, 0.1) is 12.7 Å². The summed E-state index contributed by atoms with van der Waals surface area (Å²) in [5.74, 6) is -1.19. The molecule has 3 aromatic rings. The number of carbonyl (C=O) groups excluding carboxylic acids is 3. The summed E-state index contributed by atoms with van der Waals surface area (Å²) in [6.07, 6.45) is 6.21. The van der Waals surface area contributed by atoms with E-state index in [2.05, 4.69) is 15.8 Å². The van der Waals surface area contributed by atoms with Crippen LogP contribution in [0.5, 0.6) is 5.75 Å². The Morgan fingerprint density at radius 2 is 1.85 bits per heavy atom. The predicted molar refractivity (Wildman–Crippen MR) is 120 cm³/mol. The number of ketones is 1. The molecule has 170 valence electrons. The van der Waals surface area contributed by atoms with Crippen molar-refractivity contribution in [2.45, 2.75) is 19.8 Å². The van der Waals surface area contributed by atoms with Gasteiger partial charge in [-0.2, -0.15) is 0 Å². The Kier molecular flexibility index (Phi) is 7.69. The summed E-state index contributed by atoms with van der Waals surface area (Å²) in [7, 11) is 1.55. The Hall–Kier alpha value is -4.27. The number of nitrogens with zero attached hydrogens (tertiary/aromatic N) is 2. The lowest BCUT2D eigenvalue weighted by molar-refractivity contribution is -0.126. The highest BCUT2D eigenvalue weighted by atomic mass is 19.1. The number of hydrazine groups is 1. The minimum Gasteiger partial charge on any atom is -0.495 e. The van der Waals surface area contributed by atoms with E-state index in [1.54, 1.807) is 25.6 Å². The molecule has 0 radical (unpaired) electrons. The lowest BCUT2D eigenvalue weighted by Crippen LogP contribution is -2.40. The average Bonchev–Trinajstić information content (AvgIpc) is 3.26. The van der Waals surface area contributed by atoms with Gasteiger partial charge in [-0.1, -0.05) is 6.07 Å². The maximum absolute atomic E-state index is 12.9. The minimum absolute atomic E-state index is 0.0637. The van der Waals surface area contributed by atoms with Gasteiger partial charge in [0.2, 0.25) is 5.91 Å². The van der Waals surface area contributed by atoms with Crippen LogP contribution >= 0.6 is 0 Å². The molecule has 2 aromatic carbocycles. The van der Waals surface area contributed by atoms with Crippen LogP contribution in [0.4, 0.5) is 4.39 Å². The van der Waals surface area contributed by atoms with Gasteiger partial charge in [0, 0.05) is 30.7 Å². The first-order valence-electron chi connectivity index (χ1n) is 10.1. The number of rotatable bonds is 8. The molecule has 2 amide bonds. The number of aryl methyl sites for hydroxylation is 1. The molecule has 1 aromatic heterocycles. The van der Waals surface area contributed by atoms with Crippen molar-refractivity contribution in [3.05, 3.63) is 83.7 Å². The maximum Gasteiger partial charge on any atom is 0.262 e. The smallest absolute Gasteiger partial charge is 0.262 e. The monoisotopic (exact) mass is 450 g/mol. The third-order valence-electron chi connectivity index (χ3n) is 4.69. The number of halogens is 1. The number of benzene rings is 2. The number of ether oxygens (including phenoxy) is 1. The molecule has 0 atom stereocenters. The Morgan fingerprint density at radius 3 is 2.52 bits per heavy atom. The highest BCUT2D eigenvalue weighted by Gasteiger charge is 2.10. The molecule has 0 fully saturated rings. The molecular weight excluding hydrogens is 427 g/mol. The van der Waals surface area contributed by atoms with Gasteiger partial charge in [0.25, 0.3) is 5.91 Å². The Morgan fingerprint density at radius 1 is 1.09 bits per heavy atom. The van der Waals surface area contributed by atoms with E-state index < -0.39 is 17.6 Å². The molecule has 0 aliphatic rings. The third kappa shape index (κ3) is 6.60. The van der Waals surface area contributed by atoms with Gasteiger partial charge < -0.3 is 9.30 Å². The van der Waals surface area contributed by atoms with Gasteiger partial charge in [0.1, 0.15) is 11.6 Å². The summed E-state index contributed by atoms with van der Waals surface area (Å²) in [5, 5.41) is 0. The number of imidazole rings is 1. The second kappa shape index (κ2) is 10.9. The van der Waals surface area contributed by atoms with Crippen LogP contribution in [0.15, 0.2) is 61.1 Å². The van der Waals surface area contributed by atoms with Crippen molar-refractivity contribution >= 4 is 23.7 Å². The molecular formula is C24H23FN4O4. The number of aromatic nitrogens is 2. The molecule has 0 saturated heterocycles. The third-order valence-corrected chi connectivity index (χ3v) is 4.69. The predicted octanol–water partition coefficient (Wildman–Crippen LogP) is 3.15. The molecule has 3 rings (SSSR count). The first-order valence-corrected chi connectivity index (χ1v) is 10.1. The number of hydrogen-bond donors (Lipinski definition) is 2. The summed E-state index contributed by atoms with van der Waals surface area (Å²) >= 11 is 0. The summed E-state index contributed by atoms with van der Waals surface area (Å²) in [4.78, 5) is 40.1. The van der Waals surface area contributed by atoms with E-state index in [1.807, 2.05) is 29.8 Å². The average molecular weight is 450 g/mol. The normalized spacial score (nSPS) is 10.8. The fourth-order valence-corrected chi connectivity index (χ4v) is 2.98. The van der Waals surface area contributed by atoms with E-state index in [1.165, 1.54) is 30.3 Å². The minimum atomic E-state index is -0.540. The Labute approximate surface area is 190 Å². The van der Waals surface area contributed by atoms with Gasteiger partial charge in [-0.3, -0.25) is 25.2 Å². The van der Waals surface area contributed by atoms with Crippen LogP contribution < -0.4 is 15.6 Å². The summed E-state index contributed by atoms with van der Waals surface area (Å²) in [5.41, 5.74) is 7.24. The van der Waals surface area contributed by atoms with Crippen molar-refractivity contribution in [3.63, 3.8) is 0 Å². The van der Waals surface area contributed by atoms with E-state index in [0.29, 0.717) is 11.3 Å². The van der Waals surface area contributed by atoms with Crippen molar-refractivity contribution in [1.29, 1.82) is 0 Å². The molecule has 2 N–H and O–H groups in total. The lowest BCUT2D eigenvalue weighted by atomic mass is 10.1. The number of carbonyl (C=O) groups is 3. The van der Waals surface area contributed by atoms with Crippen LogP contribution in [0.1, 0.15) is 34.5 Å². The van der Waals surface area contributed by atoms with Crippen LogP contribution in [0.3, 0.4) is 0 Å². The van der Waals surface area contributed by atoms with Crippen LogP contribution in [0.2, 0.25) is 0 Å². The van der Waals surface area contributed by atoms with Gasteiger partial charge >= 0.3 is 0 Å². The molecule has 1 heterocycles. The SMILES string of the molecule is COc1cc(/C=C/C(=O)NNC(=O)CCC(=O)c2ccc(F)cc2)ccc1-n1cnc(C)c1. The van der Waals surface area contributed by atoms with Gasteiger partial charge in [-0.15, -0.1) is 0 Å². The second-order valence-corrected chi connectivity index (χ2v) is 7.15. The highest BCUT2D eigenvalue weighted by molar-refractivity contribution is 5.98. The van der Waals surface area contributed by atoms with Gasteiger partial charge in [-0.05, 0) is 55.0 Å². The quantitative estimate of drug-likeness (QED) is 0.312. The number of methoxy groups -OCH3 is 1. The molecule has 0 bridgehead atoms. The summed E-state index contributed by atoms with van der Waals surface area (Å²) < 4.78 is 20.2. The highest BCUT2D eigenvalue weighted by Crippen LogP contribution is 2.25. The second-order valence-electron chi connectivity index (χ2n) is 7.15. The molecule has 0 spiro atoms. The zero-order valence-electron chi connectivity index (χ0n) is 18.2. The fraction of sp³-hybridized carbons (Fsp3) is 0.167. The van der Waals surface area contributed by atoms with Crippen LogP contribution in [-0.2, 0) is 9.59 Å². The van der Waals surface area contributed by atoms with E-state index in [4.69, 9.17) is 4.74 Å². The topological polar surface area (TPSA) is 102 Å². The Bertz CT molecular complexity index is 1190. The van der Waals surface area contributed by atoms with Crippen molar-refractivity contribution in [1.82, 2.24) is 20.4 Å². The molecule has 0 aliphatic heterocycles. The molecule has 0 aliphatic carbocycles. The van der Waals surface area contributed by atoms with Crippen molar-refractivity contribution in [3.8, 4) is 11.4 Å².